The molecule has 3 N–H and O–H groups in total. The van der Waals surface area contributed by atoms with Crippen LogP contribution >= 0.6 is 0 Å². The maximum Gasteiger partial charge on any atom is 0.123 e. The highest BCUT2D eigenvalue weighted by molar-refractivity contribution is 5.22. The summed E-state index contributed by atoms with van der Waals surface area (Å²) in [5.74, 6) is 5.90. The topological polar surface area (TPSA) is 47.3 Å². The maximum atomic E-state index is 13.2. The Labute approximate surface area is 101 Å². The molecule has 1 fully saturated rings. The van der Waals surface area contributed by atoms with Gasteiger partial charge in [0.05, 0.1) is 12.1 Å². The molecule has 17 heavy (non-hydrogen) atoms. The first-order chi connectivity index (χ1) is 8.26. The Kier molecular flexibility index (Phi) is 4.10. The Hall–Kier alpha value is -0.970. The molecular weight excluding hydrogens is 219 g/mol. The van der Waals surface area contributed by atoms with Gasteiger partial charge in [0.25, 0.3) is 0 Å². The average molecular weight is 238 g/mol. The second kappa shape index (κ2) is 5.58. The third-order valence-electron chi connectivity index (χ3n) is 3.16. The van der Waals surface area contributed by atoms with Gasteiger partial charge in [0.15, 0.2) is 0 Å². The first kappa shape index (κ1) is 12.5. The van der Waals surface area contributed by atoms with Gasteiger partial charge in [0.1, 0.15) is 5.82 Å². The molecule has 4 heteroatoms. The Balaban J connectivity index is 2.18. The first-order valence-corrected chi connectivity index (χ1v) is 6.09. The van der Waals surface area contributed by atoms with Crippen LogP contribution in [0.2, 0.25) is 0 Å². The molecule has 0 aromatic heterocycles. The van der Waals surface area contributed by atoms with Gasteiger partial charge >= 0.3 is 0 Å². The lowest BCUT2D eigenvalue weighted by atomic mass is 9.98. The molecule has 0 radical (unpaired) electrons. The van der Waals surface area contributed by atoms with Crippen molar-refractivity contribution < 1.29 is 9.13 Å². The highest BCUT2D eigenvalue weighted by Crippen LogP contribution is 2.39. The molecule has 0 aliphatic heterocycles. The van der Waals surface area contributed by atoms with Gasteiger partial charge < -0.3 is 4.74 Å². The van der Waals surface area contributed by atoms with E-state index in [1.165, 1.54) is 12.1 Å². The van der Waals surface area contributed by atoms with Crippen molar-refractivity contribution in [2.75, 3.05) is 6.61 Å². The summed E-state index contributed by atoms with van der Waals surface area (Å²) in [6.45, 7) is 2.61. The second-order valence-electron chi connectivity index (χ2n) is 4.46. The minimum atomic E-state index is -0.242. The predicted octanol–water partition coefficient (Wildman–Crippen LogP) is 2.15. The van der Waals surface area contributed by atoms with E-state index in [-0.39, 0.29) is 18.0 Å². The molecule has 1 aliphatic carbocycles. The molecule has 1 saturated carbocycles. The summed E-state index contributed by atoms with van der Waals surface area (Å²) >= 11 is 0. The molecule has 3 nitrogen and oxygen atoms in total. The van der Waals surface area contributed by atoms with Gasteiger partial charge in [-0.05, 0) is 43.4 Å². The van der Waals surface area contributed by atoms with Crippen LogP contribution < -0.4 is 11.3 Å². The standard InChI is InChI=1S/C13H19FN2O/c1-2-17-13(9-6-7-9)12(16-15)10-4-3-5-11(14)8-10/h3-5,8-9,12-13,16H,2,6-7,15H2,1H3. The van der Waals surface area contributed by atoms with Crippen molar-refractivity contribution in [2.45, 2.75) is 31.9 Å². The average Bonchev–Trinajstić information content (AvgIpc) is 3.13. The molecule has 2 unspecified atom stereocenters. The Morgan fingerprint density at radius 2 is 2.29 bits per heavy atom. The molecular formula is C13H19FN2O. The van der Waals surface area contributed by atoms with Crippen LogP contribution in [0, 0.1) is 11.7 Å². The minimum absolute atomic E-state index is 0.0341. The fourth-order valence-electron chi connectivity index (χ4n) is 2.20. The van der Waals surface area contributed by atoms with E-state index in [9.17, 15) is 4.39 Å². The quantitative estimate of drug-likeness (QED) is 0.589. The summed E-state index contributed by atoms with van der Waals surface area (Å²) < 4.78 is 19.0. The number of nitrogens with two attached hydrogens (primary N) is 1. The fraction of sp³-hybridized carbons (Fsp3) is 0.538. The number of rotatable bonds is 6. The summed E-state index contributed by atoms with van der Waals surface area (Å²) in [5.41, 5.74) is 3.61. The molecule has 0 heterocycles. The van der Waals surface area contributed by atoms with Crippen molar-refractivity contribution in [3.63, 3.8) is 0 Å². The van der Waals surface area contributed by atoms with E-state index in [4.69, 9.17) is 10.6 Å². The number of nitrogens with one attached hydrogen (secondary N) is 1. The van der Waals surface area contributed by atoms with E-state index in [1.807, 2.05) is 13.0 Å². The van der Waals surface area contributed by atoms with E-state index in [1.54, 1.807) is 6.07 Å². The molecule has 0 saturated heterocycles. The Morgan fingerprint density at radius 3 is 2.82 bits per heavy atom. The SMILES string of the molecule is CCOC(C1CC1)C(NN)c1cccc(F)c1. The summed E-state index contributed by atoms with van der Waals surface area (Å²) in [6.07, 6.45) is 2.36. The molecule has 1 aliphatic rings. The third kappa shape index (κ3) is 3.03. The Morgan fingerprint density at radius 1 is 1.53 bits per heavy atom. The zero-order valence-electron chi connectivity index (χ0n) is 10.0. The van der Waals surface area contributed by atoms with Crippen molar-refractivity contribution in [2.24, 2.45) is 11.8 Å². The maximum absolute atomic E-state index is 13.2. The lowest BCUT2D eigenvalue weighted by Crippen LogP contribution is -2.39. The summed E-state index contributed by atoms with van der Waals surface area (Å²) in [4.78, 5) is 0. The van der Waals surface area contributed by atoms with Crippen molar-refractivity contribution in [3.05, 3.63) is 35.6 Å². The number of hydrazine groups is 1. The summed E-state index contributed by atoms with van der Waals surface area (Å²) in [5, 5.41) is 0. The molecule has 0 amide bonds. The predicted molar refractivity (Wildman–Crippen MR) is 64.6 cm³/mol. The number of halogens is 1. The molecule has 2 atom stereocenters. The highest BCUT2D eigenvalue weighted by atomic mass is 19.1. The van der Waals surface area contributed by atoms with Crippen LogP contribution in [0.1, 0.15) is 31.4 Å². The van der Waals surface area contributed by atoms with Crippen molar-refractivity contribution in [1.82, 2.24) is 5.43 Å². The van der Waals surface area contributed by atoms with Crippen LogP contribution in [0.25, 0.3) is 0 Å². The normalized spacial score (nSPS) is 19.0. The monoisotopic (exact) mass is 238 g/mol. The van der Waals surface area contributed by atoms with Crippen molar-refractivity contribution >= 4 is 0 Å². The molecule has 94 valence electrons. The number of hydrogen-bond donors (Lipinski definition) is 2. The number of ether oxygens (including phenoxy) is 1. The first-order valence-electron chi connectivity index (χ1n) is 6.09. The zero-order chi connectivity index (χ0) is 12.3. The van der Waals surface area contributed by atoms with Gasteiger partial charge in [-0.1, -0.05) is 12.1 Å². The van der Waals surface area contributed by atoms with Crippen LogP contribution in [-0.4, -0.2) is 12.7 Å². The summed E-state index contributed by atoms with van der Waals surface area (Å²) in [6, 6.07) is 6.38. The number of benzene rings is 1. The van der Waals surface area contributed by atoms with Crippen LogP contribution in [0.15, 0.2) is 24.3 Å². The second-order valence-corrected chi connectivity index (χ2v) is 4.46. The third-order valence-corrected chi connectivity index (χ3v) is 3.16. The number of hydrogen-bond acceptors (Lipinski definition) is 3. The Bertz CT molecular complexity index is 368. The van der Waals surface area contributed by atoms with Gasteiger partial charge in [-0.2, -0.15) is 0 Å². The highest BCUT2D eigenvalue weighted by Gasteiger charge is 2.37. The lowest BCUT2D eigenvalue weighted by molar-refractivity contribution is 0.0185. The fourth-order valence-corrected chi connectivity index (χ4v) is 2.20. The molecule has 1 aromatic carbocycles. The van der Waals surface area contributed by atoms with Crippen LogP contribution in [-0.2, 0) is 4.74 Å². The molecule has 2 rings (SSSR count). The van der Waals surface area contributed by atoms with E-state index < -0.39 is 0 Å². The van der Waals surface area contributed by atoms with Gasteiger partial charge in [-0.3, -0.25) is 11.3 Å². The van der Waals surface area contributed by atoms with Crippen LogP contribution in [0.3, 0.4) is 0 Å². The molecule has 1 aromatic rings. The minimum Gasteiger partial charge on any atom is -0.376 e. The zero-order valence-corrected chi connectivity index (χ0v) is 10.0. The van der Waals surface area contributed by atoms with Gasteiger partial charge in [0.2, 0.25) is 0 Å². The summed E-state index contributed by atoms with van der Waals surface area (Å²) in [7, 11) is 0. The van der Waals surface area contributed by atoms with Crippen molar-refractivity contribution in [3.8, 4) is 0 Å². The molecule has 0 spiro atoms. The van der Waals surface area contributed by atoms with E-state index >= 15 is 0 Å². The van der Waals surface area contributed by atoms with Gasteiger partial charge in [-0.15, -0.1) is 0 Å². The largest absolute Gasteiger partial charge is 0.376 e. The lowest BCUT2D eigenvalue weighted by Gasteiger charge is -2.26. The molecule has 0 bridgehead atoms. The van der Waals surface area contributed by atoms with Crippen LogP contribution in [0.4, 0.5) is 4.39 Å². The smallest absolute Gasteiger partial charge is 0.123 e. The van der Waals surface area contributed by atoms with Crippen molar-refractivity contribution in [1.29, 1.82) is 0 Å². The van der Waals surface area contributed by atoms with E-state index in [0.29, 0.717) is 12.5 Å². The van der Waals surface area contributed by atoms with Crippen LogP contribution in [0.5, 0.6) is 0 Å². The van der Waals surface area contributed by atoms with E-state index in [2.05, 4.69) is 5.43 Å². The van der Waals surface area contributed by atoms with E-state index in [0.717, 1.165) is 18.4 Å². The van der Waals surface area contributed by atoms with Gasteiger partial charge in [-0.25, -0.2) is 4.39 Å². The van der Waals surface area contributed by atoms with Gasteiger partial charge in [0, 0.05) is 6.61 Å².